The molecule has 0 unspecified atom stereocenters. The Kier molecular flexibility index (Phi) is 6.62. The van der Waals surface area contributed by atoms with E-state index in [0.29, 0.717) is 22.0 Å². The number of rotatable bonds is 7. The fourth-order valence-corrected chi connectivity index (χ4v) is 4.83. The van der Waals surface area contributed by atoms with E-state index >= 15 is 0 Å². The van der Waals surface area contributed by atoms with Crippen LogP contribution in [0.4, 0.5) is 5.69 Å². The highest BCUT2D eigenvalue weighted by molar-refractivity contribution is 7.92. The normalized spacial score (nSPS) is 12.3. The zero-order valence-electron chi connectivity index (χ0n) is 17.9. The van der Waals surface area contributed by atoms with Crippen LogP contribution in [0.5, 0.6) is 0 Å². The molecule has 1 aromatic heterocycles. The minimum absolute atomic E-state index is 0.332. The number of carbonyl (C=O) groups excluding carboxylic acids is 1. The van der Waals surface area contributed by atoms with Crippen molar-refractivity contribution >= 4 is 33.0 Å². The number of para-hydroxylation sites is 2. The first-order chi connectivity index (χ1) is 15.8. The minimum atomic E-state index is -3.85. The highest BCUT2D eigenvalue weighted by Crippen LogP contribution is 2.27. The van der Waals surface area contributed by atoms with Gasteiger partial charge in [-0.2, -0.15) is 5.10 Å². The van der Waals surface area contributed by atoms with Crippen molar-refractivity contribution in [3.63, 3.8) is 0 Å². The van der Waals surface area contributed by atoms with Crippen LogP contribution in [0.2, 0.25) is 5.02 Å². The number of anilines is 1. The molecule has 0 spiro atoms. The van der Waals surface area contributed by atoms with E-state index in [1.54, 1.807) is 35.1 Å². The zero-order valence-corrected chi connectivity index (χ0v) is 19.4. The Hall–Kier alpha value is -3.42. The van der Waals surface area contributed by atoms with Crippen molar-refractivity contribution in [3.8, 4) is 16.9 Å². The third kappa shape index (κ3) is 5.16. The maximum absolute atomic E-state index is 13.2. The summed E-state index contributed by atoms with van der Waals surface area (Å²) >= 11 is 6.09. The van der Waals surface area contributed by atoms with Gasteiger partial charge in [-0.1, -0.05) is 72.3 Å². The number of amides is 1. The van der Waals surface area contributed by atoms with Gasteiger partial charge in [0.25, 0.3) is 0 Å². The van der Waals surface area contributed by atoms with Gasteiger partial charge in [-0.05, 0) is 31.2 Å². The molecule has 1 amide bonds. The largest absolute Gasteiger partial charge is 0.324 e. The van der Waals surface area contributed by atoms with Gasteiger partial charge in [-0.3, -0.25) is 4.79 Å². The van der Waals surface area contributed by atoms with Crippen LogP contribution in [0.3, 0.4) is 0 Å². The van der Waals surface area contributed by atoms with E-state index in [0.717, 1.165) is 11.3 Å². The fraction of sp³-hybridized carbons (Fsp3) is 0.120. The van der Waals surface area contributed by atoms with Crippen LogP contribution in [-0.4, -0.2) is 29.4 Å². The number of hydrogen-bond donors (Lipinski definition) is 1. The molecule has 0 saturated heterocycles. The lowest BCUT2D eigenvalue weighted by atomic mass is 10.1. The molecule has 0 aliphatic heterocycles. The number of carbonyl (C=O) groups is 1. The van der Waals surface area contributed by atoms with E-state index in [2.05, 4.69) is 10.4 Å². The number of aromatic nitrogens is 2. The van der Waals surface area contributed by atoms with Gasteiger partial charge in [0.1, 0.15) is 5.25 Å². The lowest BCUT2D eigenvalue weighted by Gasteiger charge is -2.14. The van der Waals surface area contributed by atoms with E-state index in [9.17, 15) is 13.2 Å². The van der Waals surface area contributed by atoms with Crippen molar-refractivity contribution < 1.29 is 13.2 Å². The standard InChI is InChI=1S/C25H22ClN3O3S/c1-18(25(30)27-23-15-9-8-14-22(23)26)33(31,32)17-20-16-29(21-12-6-3-7-13-21)28-24(20)19-10-4-2-5-11-19/h2-16,18H,17H2,1H3,(H,27,30)/t18-/m1/s1. The van der Waals surface area contributed by atoms with Crippen LogP contribution in [0.1, 0.15) is 12.5 Å². The summed E-state index contributed by atoms with van der Waals surface area (Å²) in [4.78, 5) is 12.7. The van der Waals surface area contributed by atoms with Gasteiger partial charge in [-0.25, -0.2) is 13.1 Å². The van der Waals surface area contributed by atoms with E-state index in [1.807, 2.05) is 60.7 Å². The Morgan fingerprint density at radius 2 is 1.58 bits per heavy atom. The first-order valence-corrected chi connectivity index (χ1v) is 12.4. The molecule has 0 saturated carbocycles. The first-order valence-electron chi connectivity index (χ1n) is 10.3. The molecule has 3 aromatic carbocycles. The van der Waals surface area contributed by atoms with Gasteiger partial charge < -0.3 is 5.32 Å². The Balaban J connectivity index is 1.64. The van der Waals surface area contributed by atoms with Crippen molar-refractivity contribution in [1.82, 2.24) is 9.78 Å². The molecule has 6 nitrogen and oxygen atoms in total. The molecule has 4 rings (SSSR count). The van der Waals surface area contributed by atoms with Gasteiger partial charge in [0.2, 0.25) is 5.91 Å². The Labute approximate surface area is 197 Å². The summed E-state index contributed by atoms with van der Waals surface area (Å²) in [6.07, 6.45) is 1.70. The molecule has 1 heterocycles. The van der Waals surface area contributed by atoms with E-state index in [-0.39, 0.29) is 5.75 Å². The molecule has 1 atom stereocenters. The molecule has 8 heteroatoms. The molecule has 0 bridgehead atoms. The Morgan fingerprint density at radius 1 is 0.970 bits per heavy atom. The molecule has 0 aliphatic rings. The predicted octanol–water partition coefficient (Wildman–Crippen LogP) is 5.13. The Bertz CT molecular complexity index is 1370. The molecule has 33 heavy (non-hydrogen) atoms. The highest BCUT2D eigenvalue weighted by atomic mass is 35.5. The number of hydrogen-bond acceptors (Lipinski definition) is 4. The number of sulfone groups is 1. The van der Waals surface area contributed by atoms with Crippen molar-refractivity contribution in [3.05, 3.63) is 102 Å². The van der Waals surface area contributed by atoms with Crippen LogP contribution in [0.25, 0.3) is 16.9 Å². The van der Waals surface area contributed by atoms with E-state index < -0.39 is 21.0 Å². The first kappa shape index (κ1) is 22.8. The summed E-state index contributed by atoms with van der Waals surface area (Å²) in [6.45, 7) is 1.38. The van der Waals surface area contributed by atoms with Crippen LogP contribution >= 0.6 is 11.6 Å². The molecular weight excluding hydrogens is 458 g/mol. The number of halogens is 1. The smallest absolute Gasteiger partial charge is 0.242 e. The lowest BCUT2D eigenvalue weighted by molar-refractivity contribution is -0.115. The maximum atomic E-state index is 13.2. The summed E-state index contributed by atoms with van der Waals surface area (Å²) in [6, 6.07) is 25.5. The van der Waals surface area contributed by atoms with E-state index in [1.165, 1.54) is 6.92 Å². The van der Waals surface area contributed by atoms with Crippen LogP contribution in [0.15, 0.2) is 91.1 Å². The Morgan fingerprint density at radius 3 is 2.24 bits per heavy atom. The van der Waals surface area contributed by atoms with Crippen molar-refractivity contribution in [2.45, 2.75) is 17.9 Å². The predicted molar refractivity (Wildman–Crippen MR) is 131 cm³/mol. The van der Waals surface area contributed by atoms with Crippen molar-refractivity contribution in [1.29, 1.82) is 0 Å². The monoisotopic (exact) mass is 479 g/mol. The van der Waals surface area contributed by atoms with Crippen LogP contribution in [-0.2, 0) is 20.4 Å². The summed E-state index contributed by atoms with van der Waals surface area (Å²) in [5.74, 6) is -0.971. The second-order valence-electron chi connectivity index (χ2n) is 7.57. The molecular formula is C25H22ClN3O3S. The zero-order chi connectivity index (χ0) is 23.4. The quantitative estimate of drug-likeness (QED) is 0.398. The summed E-state index contributed by atoms with van der Waals surface area (Å²) < 4.78 is 28.1. The molecule has 168 valence electrons. The molecule has 0 fully saturated rings. The van der Waals surface area contributed by atoms with E-state index in [4.69, 9.17) is 11.6 Å². The fourth-order valence-electron chi connectivity index (χ4n) is 3.37. The van der Waals surface area contributed by atoms with Crippen molar-refractivity contribution in [2.24, 2.45) is 0 Å². The summed E-state index contributed by atoms with van der Waals surface area (Å²) in [5, 5.41) is 6.32. The van der Waals surface area contributed by atoms with Gasteiger partial charge >= 0.3 is 0 Å². The third-order valence-corrected chi connectivity index (χ3v) is 7.59. The topological polar surface area (TPSA) is 81.1 Å². The van der Waals surface area contributed by atoms with Crippen molar-refractivity contribution in [2.75, 3.05) is 5.32 Å². The van der Waals surface area contributed by atoms with Gasteiger partial charge in [0, 0.05) is 17.3 Å². The van der Waals surface area contributed by atoms with Crippen LogP contribution < -0.4 is 5.32 Å². The second kappa shape index (κ2) is 9.60. The lowest BCUT2D eigenvalue weighted by Crippen LogP contribution is -2.33. The average Bonchev–Trinajstić information content (AvgIpc) is 3.24. The van der Waals surface area contributed by atoms with Crippen LogP contribution in [0, 0.1) is 0 Å². The highest BCUT2D eigenvalue weighted by Gasteiger charge is 2.30. The van der Waals surface area contributed by atoms with Gasteiger partial charge in [0.05, 0.1) is 27.8 Å². The molecule has 4 aromatic rings. The molecule has 0 aliphatic carbocycles. The van der Waals surface area contributed by atoms with Gasteiger partial charge in [0.15, 0.2) is 9.84 Å². The average molecular weight is 480 g/mol. The SMILES string of the molecule is C[C@H](C(=O)Nc1ccccc1Cl)S(=O)(=O)Cc1cn(-c2ccccc2)nc1-c1ccccc1. The summed E-state index contributed by atoms with van der Waals surface area (Å²) in [7, 11) is -3.85. The third-order valence-electron chi connectivity index (χ3n) is 5.25. The number of benzene rings is 3. The number of nitrogens with zero attached hydrogens (tertiary/aromatic N) is 2. The van der Waals surface area contributed by atoms with Gasteiger partial charge in [-0.15, -0.1) is 0 Å². The molecule has 0 radical (unpaired) electrons. The summed E-state index contributed by atoms with van der Waals surface area (Å²) in [5.41, 5.74) is 3.05. The maximum Gasteiger partial charge on any atom is 0.242 e. The number of nitrogens with one attached hydrogen (secondary N) is 1. The minimum Gasteiger partial charge on any atom is -0.324 e. The second-order valence-corrected chi connectivity index (χ2v) is 10.3. The molecule has 1 N–H and O–H groups in total.